The molecule has 0 bridgehead atoms. The van der Waals surface area contributed by atoms with E-state index in [1.54, 1.807) is 0 Å². The van der Waals surface area contributed by atoms with Gasteiger partial charge in [0, 0.05) is 38.4 Å². The lowest BCUT2D eigenvalue weighted by atomic mass is 10.1. The second-order valence-electron chi connectivity index (χ2n) is 13.1. The molecule has 0 N–H and O–H groups in total. The average molecular weight is 652 g/mol. The molecule has 0 unspecified atom stereocenters. The molecule has 0 aliphatic carbocycles. The minimum Gasteiger partial charge on any atom is -0.309 e. The van der Waals surface area contributed by atoms with Crippen molar-refractivity contribution in [1.82, 2.24) is 19.1 Å². The Kier molecular flexibility index (Phi) is 5.89. The van der Waals surface area contributed by atoms with Gasteiger partial charge in [0.25, 0.3) is 0 Å². The molecule has 0 fully saturated rings. The number of para-hydroxylation sites is 5. The molecule has 5 nitrogen and oxygen atoms in total. The SMILES string of the molecule is c1ccc(-c2cc(-c3ccccc3)nc(N3c4ccccc4-n4c5cc6c(cc5c5cccc3c54)c3ccccc3n6-c3ccccc3)n2)cc1. The van der Waals surface area contributed by atoms with Gasteiger partial charge >= 0.3 is 0 Å². The third-order valence-electron chi connectivity index (χ3n) is 10.2. The van der Waals surface area contributed by atoms with Crippen molar-refractivity contribution in [2.24, 2.45) is 0 Å². The number of nitrogens with zero attached hydrogens (tertiary/aromatic N) is 5. The summed E-state index contributed by atoms with van der Waals surface area (Å²) in [5.41, 5.74) is 12.9. The van der Waals surface area contributed by atoms with Crippen molar-refractivity contribution < 1.29 is 0 Å². The molecule has 238 valence electrons. The first-order valence-corrected chi connectivity index (χ1v) is 17.3. The summed E-state index contributed by atoms with van der Waals surface area (Å²) in [6.45, 7) is 0. The third kappa shape index (κ3) is 4.09. The van der Waals surface area contributed by atoms with Crippen LogP contribution >= 0.6 is 0 Å². The molecule has 10 aromatic rings. The predicted octanol–water partition coefficient (Wildman–Crippen LogP) is 11.8. The number of anilines is 3. The third-order valence-corrected chi connectivity index (χ3v) is 10.2. The molecule has 3 aromatic heterocycles. The van der Waals surface area contributed by atoms with Gasteiger partial charge in [-0.25, -0.2) is 9.97 Å². The van der Waals surface area contributed by atoms with E-state index in [0.29, 0.717) is 5.95 Å². The van der Waals surface area contributed by atoms with Gasteiger partial charge in [0.05, 0.1) is 50.5 Å². The zero-order valence-electron chi connectivity index (χ0n) is 27.5. The van der Waals surface area contributed by atoms with Gasteiger partial charge in [-0.05, 0) is 54.6 Å². The monoisotopic (exact) mass is 651 g/mol. The number of fused-ring (bicyclic) bond motifs is 8. The van der Waals surface area contributed by atoms with Gasteiger partial charge in [-0.3, -0.25) is 4.90 Å². The molecule has 7 aromatic carbocycles. The Hall–Kier alpha value is -6.98. The standard InChI is InChI=1S/C46H29N5/c1-4-15-30(16-5-1)37-28-38(31-17-6-2-7-18-31)48-46(47-37)51-41-25-13-12-24-40(41)50-44-29-43-35(27-36(44)34-22-14-26-42(51)45(34)50)33-21-10-11-23-39(33)49(43)32-19-8-3-9-20-32/h1-29H. The van der Waals surface area contributed by atoms with Crippen LogP contribution in [-0.4, -0.2) is 19.1 Å². The van der Waals surface area contributed by atoms with Crippen molar-refractivity contribution in [3.8, 4) is 33.9 Å². The molecule has 0 radical (unpaired) electrons. The number of benzene rings is 7. The molecule has 5 heteroatoms. The molecule has 1 aliphatic heterocycles. The fourth-order valence-corrected chi connectivity index (χ4v) is 8.03. The minimum atomic E-state index is 0.637. The van der Waals surface area contributed by atoms with E-state index < -0.39 is 0 Å². The maximum absolute atomic E-state index is 5.28. The lowest BCUT2D eigenvalue weighted by Gasteiger charge is -2.31. The smallest absolute Gasteiger partial charge is 0.235 e. The second kappa shape index (κ2) is 10.8. The number of hydrogen-bond donors (Lipinski definition) is 0. The highest BCUT2D eigenvalue weighted by atomic mass is 15.3. The maximum Gasteiger partial charge on any atom is 0.235 e. The number of aromatic nitrogens is 4. The van der Waals surface area contributed by atoms with Crippen LogP contribution in [0.4, 0.5) is 17.3 Å². The molecule has 0 spiro atoms. The molecule has 0 saturated heterocycles. The zero-order chi connectivity index (χ0) is 33.5. The summed E-state index contributed by atoms with van der Waals surface area (Å²) >= 11 is 0. The highest BCUT2D eigenvalue weighted by molar-refractivity contribution is 6.22. The van der Waals surface area contributed by atoms with Crippen LogP contribution in [0.3, 0.4) is 0 Å². The zero-order valence-corrected chi connectivity index (χ0v) is 27.5. The highest BCUT2D eigenvalue weighted by Crippen LogP contribution is 2.50. The van der Waals surface area contributed by atoms with Gasteiger partial charge in [0.2, 0.25) is 5.95 Å². The molecule has 4 heterocycles. The fourth-order valence-electron chi connectivity index (χ4n) is 8.03. The lowest BCUT2D eigenvalue weighted by Crippen LogP contribution is -2.20. The van der Waals surface area contributed by atoms with Crippen LogP contribution in [0.2, 0.25) is 0 Å². The summed E-state index contributed by atoms with van der Waals surface area (Å²) in [5.74, 6) is 0.637. The molecule has 0 amide bonds. The molecular weight excluding hydrogens is 623 g/mol. The lowest BCUT2D eigenvalue weighted by molar-refractivity contribution is 1.04. The Bertz CT molecular complexity index is 2900. The Morgan fingerprint density at radius 1 is 0.353 bits per heavy atom. The van der Waals surface area contributed by atoms with Crippen LogP contribution in [0, 0.1) is 0 Å². The van der Waals surface area contributed by atoms with E-state index in [4.69, 9.17) is 9.97 Å². The van der Waals surface area contributed by atoms with Crippen molar-refractivity contribution in [2.45, 2.75) is 0 Å². The quantitative estimate of drug-likeness (QED) is 0.190. The highest BCUT2D eigenvalue weighted by Gasteiger charge is 2.31. The van der Waals surface area contributed by atoms with Gasteiger partial charge in [0.1, 0.15) is 0 Å². The summed E-state index contributed by atoms with van der Waals surface area (Å²) in [7, 11) is 0. The van der Waals surface area contributed by atoms with Gasteiger partial charge < -0.3 is 9.13 Å². The first-order chi connectivity index (χ1) is 25.3. The molecule has 51 heavy (non-hydrogen) atoms. The van der Waals surface area contributed by atoms with Crippen LogP contribution in [0.25, 0.3) is 77.5 Å². The van der Waals surface area contributed by atoms with Crippen LogP contribution in [0.5, 0.6) is 0 Å². The van der Waals surface area contributed by atoms with Gasteiger partial charge in [0.15, 0.2) is 0 Å². The van der Waals surface area contributed by atoms with Gasteiger partial charge in [-0.2, -0.15) is 0 Å². The maximum atomic E-state index is 5.28. The van der Waals surface area contributed by atoms with E-state index in [2.05, 4.69) is 178 Å². The summed E-state index contributed by atoms with van der Waals surface area (Å²) in [5, 5.41) is 4.90. The number of rotatable bonds is 4. The topological polar surface area (TPSA) is 38.9 Å². The summed E-state index contributed by atoms with van der Waals surface area (Å²) < 4.78 is 4.84. The van der Waals surface area contributed by atoms with E-state index in [1.807, 2.05) is 12.1 Å². The molecule has 0 atom stereocenters. The van der Waals surface area contributed by atoms with E-state index in [-0.39, 0.29) is 0 Å². The summed E-state index contributed by atoms with van der Waals surface area (Å²) in [4.78, 5) is 12.8. The van der Waals surface area contributed by atoms with Crippen LogP contribution in [0.1, 0.15) is 0 Å². The first kappa shape index (κ1) is 27.9. The van der Waals surface area contributed by atoms with Gasteiger partial charge in [-0.1, -0.05) is 121 Å². The summed E-state index contributed by atoms with van der Waals surface area (Å²) in [6, 6.07) is 62.3. The van der Waals surface area contributed by atoms with E-state index >= 15 is 0 Å². The van der Waals surface area contributed by atoms with Crippen LogP contribution in [0.15, 0.2) is 176 Å². The van der Waals surface area contributed by atoms with Crippen molar-refractivity contribution in [1.29, 1.82) is 0 Å². The van der Waals surface area contributed by atoms with Crippen molar-refractivity contribution in [3.63, 3.8) is 0 Å². The Labute approximate surface area is 293 Å². The fraction of sp³-hybridized carbons (Fsp3) is 0. The molecule has 1 aliphatic rings. The van der Waals surface area contributed by atoms with Gasteiger partial charge in [-0.15, -0.1) is 0 Å². The predicted molar refractivity (Wildman–Crippen MR) is 210 cm³/mol. The van der Waals surface area contributed by atoms with Crippen molar-refractivity contribution in [3.05, 3.63) is 176 Å². The molecular formula is C46H29N5. The Morgan fingerprint density at radius 3 is 1.63 bits per heavy atom. The van der Waals surface area contributed by atoms with Crippen LogP contribution < -0.4 is 4.90 Å². The van der Waals surface area contributed by atoms with E-state index in [0.717, 1.165) is 50.8 Å². The Morgan fingerprint density at radius 2 is 0.902 bits per heavy atom. The molecule has 11 rings (SSSR count). The summed E-state index contributed by atoms with van der Waals surface area (Å²) in [6.07, 6.45) is 0. The largest absolute Gasteiger partial charge is 0.309 e. The first-order valence-electron chi connectivity index (χ1n) is 17.3. The second-order valence-corrected chi connectivity index (χ2v) is 13.1. The Balaban J connectivity index is 1.23. The van der Waals surface area contributed by atoms with E-state index in [9.17, 15) is 0 Å². The minimum absolute atomic E-state index is 0.637. The van der Waals surface area contributed by atoms with E-state index in [1.165, 1.54) is 38.1 Å². The van der Waals surface area contributed by atoms with Crippen molar-refractivity contribution in [2.75, 3.05) is 4.90 Å². The van der Waals surface area contributed by atoms with Crippen LogP contribution in [-0.2, 0) is 0 Å². The number of hydrogen-bond acceptors (Lipinski definition) is 3. The molecule has 0 saturated carbocycles. The normalized spacial score (nSPS) is 12.3. The van der Waals surface area contributed by atoms with Crippen molar-refractivity contribution >= 4 is 60.9 Å². The average Bonchev–Trinajstić information content (AvgIpc) is 3.71.